The number of benzene rings is 2. The van der Waals surface area contributed by atoms with Crippen LogP contribution in [-0.4, -0.2) is 22.0 Å². The zero-order valence-electron chi connectivity index (χ0n) is 19.1. The van der Waals surface area contributed by atoms with Gasteiger partial charge in [0, 0.05) is 22.9 Å². The summed E-state index contributed by atoms with van der Waals surface area (Å²) in [5.41, 5.74) is 4.98. The summed E-state index contributed by atoms with van der Waals surface area (Å²) in [5.74, 6) is 1.15. The van der Waals surface area contributed by atoms with Crippen molar-refractivity contribution in [2.75, 3.05) is 6.61 Å². The molecular formula is C27H29N3O2S. The molecule has 1 N–H and O–H groups in total. The van der Waals surface area contributed by atoms with Gasteiger partial charge in [0.2, 0.25) is 5.88 Å². The van der Waals surface area contributed by atoms with Crippen LogP contribution in [0.1, 0.15) is 62.4 Å². The third kappa shape index (κ3) is 4.40. The summed E-state index contributed by atoms with van der Waals surface area (Å²) >= 11 is 1.54. The van der Waals surface area contributed by atoms with Crippen LogP contribution in [0.4, 0.5) is 11.4 Å². The normalized spacial score (nSPS) is 17.9. The number of aliphatic imine (C=N–C) groups is 1. The molecule has 2 heterocycles. The fourth-order valence-corrected chi connectivity index (χ4v) is 5.73. The molecular weight excluding hydrogens is 430 g/mol. The van der Waals surface area contributed by atoms with Crippen LogP contribution in [0.3, 0.4) is 0 Å². The summed E-state index contributed by atoms with van der Waals surface area (Å²) in [7, 11) is 0. The molecule has 1 aromatic heterocycles. The topological polar surface area (TPSA) is 59.1 Å². The Hall–Kier alpha value is -3.12. The summed E-state index contributed by atoms with van der Waals surface area (Å²) in [6.07, 6.45) is 7.84. The van der Waals surface area contributed by atoms with Crippen LogP contribution in [-0.2, 0) is 0 Å². The van der Waals surface area contributed by atoms with E-state index in [9.17, 15) is 5.11 Å². The molecule has 0 atom stereocenters. The number of nitrogens with zero attached hydrogens (tertiary/aromatic N) is 3. The number of para-hydroxylation sites is 1. The molecule has 0 unspecified atom stereocenters. The Bertz CT molecular complexity index is 1280. The third-order valence-corrected chi connectivity index (χ3v) is 7.31. The van der Waals surface area contributed by atoms with Gasteiger partial charge in [-0.05, 0) is 63.1 Å². The largest absolute Gasteiger partial charge is 0.494 e. The minimum Gasteiger partial charge on any atom is -0.494 e. The average Bonchev–Trinajstić information content (AvgIpc) is 3.32. The molecule has 0 saturated heterocycles. The maximum atomic E-state index is 11.4. The van der Waals surface area contributed by atoms with Crippen LogP contribution in [0.5, 0.6) is 11.6 Å². The van der Waals surface area contributed by atoms with Crippen molar-refractivity contribution in [2.24, 2.45) is 9.98 Å². The van der Waals surface area contributed by atoms with Crippen molar-refractivity contribution in [3.05, 3.63) is 63.8 Å². The van der Waals surface area contributed by atoms with Crippen molar-refractivity contribution in [2.45, 2.75) is 52.0 Å². The van der Waals surface area contributed by atoms with E-state index < -0.39 is 0 Å². The van der Waals surface area contributed by atoms with Crippen molar-refractivity contribution in [1.82, 2.24) is 4.57 Å². The quantitative estimate of drug-likeness (QED) is 0.445. The van der Waals surface area contributed by atoms with E-state index in [0.717, 1.165) is 56.5 Å². The molecule has 0 amide bonds. The first-order valence-electron chi connectivity index (χ1n) is 11.7. The van der Waals surface area contributed by atoms with E-state index in [1.807, 2.05) is 56.3 Å². The maximum absolute atomic E-state index is 11.4. The van der Waals surface area contributed by atoms with Crippen LogP contribution in [0, 0.1) is 0 Å². The number of thiazole rings is 1. The lowest BCUT2D eigenvalue weighted by Crippen LogP contribution is -2.22. The van der Waals surface area contributed by atoms with Gasteiger partial charge in [-0.1, -0.05) is 48.8 Å². The van der Waals surface area contributed by atoms with Crippen LogP contribution >= 0.6 is 11.3 Å². The van der Waals surface area contributed by atoms with Gasteiger partial charge in [-0.25, -0.2) is 4.99 Å². The first-order valence-corrected chi connectivity index (χ1v) is 12.5. The average molecular weight is 460 g/mol. The van der Waals surface area contributed by atoms with Gasteiger partial charge in [0.05, 0.1) is 22.9 Å². The lowest BCUT2D eigenvalue weighted by molar-refractivity contribution is 0.307. The number of aromatic hydroxyl groups is 1. The van der Waals surface area contributed by atoms with Crippen molar-refractivity contribution >= 4 is 40.1 Å². The first kappa shape index (κ1) is 21.7. The third-order valence-electron chi connectivity index (χ3n) is 6.32. The molecule has 170 valence electrons. The van der Waals surface area contributed by atoms with E-state index in [-0.39, 0.29) is 6.04 Å². The van der Waals surface area contributed by atoms with Crippen molar-refractivity contribution in [3.63, 3.8) is 0 Å². The van der Waals surface area contributed by atoms with Crippen LogP contribution < -0.4 is 9.54 Å². The SMILES string of the molecule is CCOc1ccc(N=c2sc(/C=C3\C(C)=Nc4ccccc43)c(O)n2C2CCCCC2)cc1. The molecule has 2 aromatic carbocycles. The molecule has 5 nitrogen and oxygen atoms in total. The second kappa shape index (κ2) is 9.40. The van der Waals surface area contributed by atoms with Gasteiger partial charge in [0.1, 0.15) is 5.75 Å². The number of ether oxygens (including phenoxy) is 1. The standard InChI is InChI=1S/C27H29N3O2S/c1-3-32-21-15-13-19(14-16-21)29-27-30(20-9-5-4-6-10-20)26(31)25(33-27)17-23-18(2)28-24-12-8-7-11-22(23)24/h7-8,11-17,20,31H,3-6,9-10H2,1-2H3/b23-17+,29-27?. The summed E-state index contributed by atoms with van der Waals surface area (Å²) in [4.78, 5) is 11.3. The van der Waals surface area contributed by atoms with Crippen molar-refractivity contribution in [1.29, 1.82) is 0 Å². The highest BCUT2D eigenvalue weighted by molar-refractivity contribution is 7.10. The minimum absolute atomic E-state index is 0.272. The molecule has 1 fully saturated rings. The Morgan fingerprint density at radius 2 is 1.88 bits per heavy atom. The zero-order chi connectivity index (χ0) is 22.8. The zero-order valence-corrected chi connectivity index (χ0v) is 19.9. The molecule has 1 aliphatic carbocycles. The highest BCUT2D eigenvalue weighted by atomic mass is 32.1. The Kier molecular flexibility index (Phi) is 6.18. The second-order valence-corrected chi connectivity index (χ2v) is 9.55. The number of fused-ring (bicyclic) bond motifs is 1. The van der Waals surface area contributed by atoms with E-state index in [1.54, 1.807) is 0 Å². The van der Waals surface area contributed by atoms with Gasteiger partial charge in [0.25, 0.3) is 0 Å². The van der Waals surface area contributed by atoms with E-state index in [2.05, 4.69) is 16.7 Å². The molecule has 0 radical (unpaired) electrons. The Morgan fingerprint density at radius 1 is 1.12 bits per heavy atom. The number of allylic oxidation sites excluding steroid dienone is 1. The Balaban J connectivity index is 1.60. The number of rotatable bonds is 5. The summed E-state index contributed by atoms with van der Waals surface area (Å²) in [6.45, 7) is 4.64. The fraction of sp³-hybridized carbons (Fsp3) is 0.333. The van der Waals surface area contributed by atoms with Gasteiger partial charge in [-0.15, -0.1) is 0 Å². The molecule has 2 aliphatic rings. The van der Waals surface area contributed by atoms with E-state index in [1.165, 1.54) is 30.6 Å². The van der Waals surface area contributed by atoms with Gasteiger partial charge in [-0.3, -0.25) is 9.56 Å². The molecule has 1 saturated carbocycles. The smallest absolute Gasteiger partial charge is 0.211 e. The predicted octanol–water partition coefficient (Wildman–Crippen LogP) is 7.04. The van der Waals surface area contributed by atoms with Crippen LogP contribution in [0.25, 0.3) is 11.6 Å². The highest BCUT2D eigenvalue weighted by Crippen LogP contribution is 2.39. The minimum atomic E-state index is 0.272. The van der Waals surface area contributed by atoms with E-state index in [4.69, 9.17) is 14.7 Å². The number of hydrogen-bond acceptors (Lipinski definition) is 5. The molecule has 5 rings (SSSR count). The van der Waals surface area contributed by atoms with Gasteiger partial charge in [0.15, 0.2) is 4.80 Å². The Morgan fingerprint density at radius 3 is 2.64 bits per heavy atom. The number of hydrogen-bond donors (Lipinski definition) is 1. The predicted molar refractivity (Wildman–Crippen MR) is 136 cm³/mol. The van der Waals surface area contributed by atoms with Gasteiger partial charge >= 0.3 is 0 Å². The van der Waals surface area contributed by atoms with Crippen molar-refractivity contribution < 1.29 is 9.84 Å². The molecule has 33 heavy (non-hydrogen) atoms. The highest BCUT2D eigenvalue weighted by Gasteiger charge is 2.24. The molecule has 0 bridgehead atoms. The van der Waals surface area contributed by atoms with Crippen LogP contribution in [0.2, 0.25) is 0 Å². The summed E-state index contributed by atoms with van der Waals surface area (Å²) < 4.78 is 7.62. The van der Waals surface area contributed by atoms with E-state index in [0.29, 0.717) is 12.5 Å². The lowest BCUT2D eigenvalue weighted by atomic mass is 9.95. The lowest BCUT2D eigenvalue weighted by Gasteiger charge is -2.23. The van der Waals surface area contributed by atoms with Crippen LogP contribution in [0.15, 0.2) is 58.5 Å². The first-order chi connectivity index (χ1) is 16.1. The summed E-state index contributed by atoms with van der Waals surface area (Å²) in [6, 6.07) is 16.3. The molecule has 1 aliphatic heterocycles. The Labute approximate surface area is 198 Å². The number of aromatic nitrogens is 1. The monoisotopic (exact) mass is 459 g/mol. The van der Waals surface area contributed by atoms with Gasteiger partial charge in [-0.2, -0.15) is 0 Å². The van der Waals surface area contributed by atoms with Crippen molar-refractivity contribution in [3.8, 4) is 11.6 Å². The molecule has 3 aromatic rings. The maximum Gasteiger partial charge on any atom is 0.211 e. The summed E-state index contributed by atoms with van der Waals surface area (Å²) in [5, 5.41) is 11.4. The van der Waals surface area contributed by atoms with Gasteiger partial charge < -0.3 is 9.84 Å². The molecule has 6 heteroatoms. The molecule has 0 spiro atoms. The second-order valence-electron chi connectivity index (χ2n) is 8.55. The fourth-order valence-electron chi connectivity index (χ4n) is 4.68. The van der Waals surface area contributed by atoms with E-state index >= 15 is 0 Å².